The van der Waals surface area contributed by atoms with Crippen LogP contribution in [0.25, 0.3) is 0 Å². The average molecular weight is 347 g/mol. The molecule has 0 amide bonds. The first-order chi connectivity index (χ1) is 12.6. The van der Waals surface area contributed by atoms with Gasteiger partial charge < -0.3 is 16.0 Å². The second-order valence-electron chi connectivity index (χ2n) is 6.32. The van der Waals surface area contributed by atoms with Crippen LogP contribution in [0.5, 0.6) is 0 Å². The molecule has 3 N–H and O–H groups in total. The zero-order valence-corrected chi connectivity index (χ0v) is 15.5. The number of nitrogens with one attached hydrogen (secondary N) is 1. The Balaban J connectivity index is 1.91. The molecule has 1 atom stereocenters. The van der Waals surface area contributed by atoms with Gasteiger partial charge in [-0.25, -0.2) is 9.97 Å². The number of rotatable bonds is 6. The molecule has 5 heteroatoms. The summed E-state index contributed by atoms with van der Waals surface area (Å²) in [7, 11) is 0. The maximum atomic E-state index is 6.43. The van der Waals surface area contributed by atoms with Gasteiger partial charge >= 0.3 is 0 Å². The molecule has 0 radical (unpaired) electrons. The number of aryl methyl sites for hydroxylation is 1. The molecule has 0 saturated carbocycles. The van der Waals surface area contributed by atoms with Gasteiger partial charge in [0.25, 0.3) is 0 Å². The smallest absolute Gasteiger partial charge is 0.161 e. The molecular weight excluding hydrogens is 322 g/mol. The lowest BCUT2D eigenvalue weighted by Gasteiger charge is -2.25. The summed E-state index contributed by atoms with van der Waals surface area (Å²) in [4.78, 5) is 10.9. The van der Waals surface area contributed by atoms with Crippen molar-refractivity contribution in [3.63, 3.8) is 0 Å². The minimum Gasteiger partial charge on any atom is -0.393 e. The van der Waals surface area contributed by atoms with E-state index in [9.17, 15) is 0 Å². The highest BCUT2D eigenvalue weighted by Crippen LogP contribution is 2.33. The van der Waals surface area contributed by atoms with Gasteiger partial charge in [-0.2, -0.15) is 0 Å². The van der Waals surface area contributed by atoms with E-state index in [1.807, 2.05) is 24.3 Å². The van der Waals surface area contributed by atoms with E-state index < -0.39 is 0 Å². The molecule has 3 aromatic rings. The molecule has 0 aliphatic heterocycles. The Morgan fingerprint density at radius 3 is 2.54 bits per heavy atom. The van der Waals surface area contributed by atoms with Gasteiger partial charge in [-0.1, -0.05) is 42.5 Å². The molecule has 3 rings (SSSR count). The van der Waals surface area contributed by atoms with Crippen molar-refractivity contribution in [2.75, 3.05) is 22.5 Å². The topological polar surface area (TPSA) is 67.1 Å². The minimum absolute atomic E-state index is 0.0929. The van der Waals surface area contributed by atoms with Gasteiger partial charge in [0.15, 0.2) is 11.6 Å². The van der Waals surface area contributed by atoms with Gasteiger partial charge in [0.1, 0.15) is 12.0 Å². The maximum absolute atomic E-state index is 6.43. The normalized spacial score (nSPS) is 11.8. The Bertz CT molecular complexity index is 863. The maximum Gasteiger partial charge on any atom is 0.161 e. The van der Waals surface area contributed by atoms with E-state index in [0.29, 0.717) is 11.5 Å². The number of nitrogens with zero attached hydrogens (tertiary/aromatic N) is 3. The molecule has 1 heterocycles. The molecular formula is C21H25N5. The Morgan fingerprint density at radius 1 is 1.08 bits per heavy atom. The van der Waals surface area contributed by atoms with E-state index in [1.54, 1.807) is 6.33 Å². The number of hydrogen-bond acceptors (Lipinski definition) is 5. The van der Waals surface area contributed by atoms with E-state index >= 15 is 0 Å². The summed E-state index contributed by atoms with van der Waals surface area (Å²) in [6.07, 6.45) is 1.56. The predicted octanol–water partition coefficient (Wildman–Crippen LogP) is 4.70. The lowest BCUT2D eigenvalue weighted by Crippen LogP contribution is -2.20. The van der Waals surface area contributed by atoms with Gasteiger partial charge in [-0.3, -0.25) is 0 Å². The highest BCUT2D eigenvalue weighted by atomic mass is 15.2. The monoisotopic (exact) mass is 347 g/mol. The van der Waals surface area contributed by atoms with Crippen LogP contribution in [0, 0.1) is 6.92 Å². The minimum atomic E-state index is 0.0929. The fraction of sp³-hybridized carbons (Fsp3) is 0.238. The second kappa shape index (κ2) is 7.87. The summed E-state index contributed by atoms with van der Waals surface area (Å²) in [5.74, 6) is 1.37. The van der Waals surface area contributed by atoms with Crippen molar-refractivity contribution in [2.45, 2.75) is 26.8 Å². The number of nitrogens with two attached hydrogens (primary N) is 1. The van der Waals surface area contributed by atoms with Gasteiger partial charge in [0.2, 0.25) is 0 Å². The molecule has 0 aliphatic carbocycles. The van der Waals surface area contributed by atoms with Crippen molar-refractivity contribution in [2.24, 2.45) is 0 Å². The van der Waals surface area contributed by atoms with Crippen LogP contribution in [0.3, 0.4) is 0 Å². The first-order valence-electron chi connectivity index (χ1n) is 8.86. The standard InChI is InChI=1S/C21H25N5/c1-4-26(18-12-8-9-15(2)13-18)21-19(22)20(23-14-24-21)25-16(3)17-10-6-5-7-11-17/h5-14,16H,4,22H2,1-3H3,(H,23,24,25). The fourth-order valence-electron chi connectivity index (χ4n) is 3.00. The van der Waals surface area contributed by atoms with Crippen LogP contribution in [0.1, 0.15) is 31.0 Å². The Hall–Kier alpha value is -3.08. The third kappa shape index (κ3) is 3.77. The van der Waals surface area contributed by atoms with Crippen LogP contribution in [-0.2, 0) is 0 Å². The van der Waals surface area contributed by atoms with Crippen molar-refractivity contribution in [3.8, 4) is 0 Å². The molecule has 0 bridgehead atoms. The number of nitrogen functional groups attached to an aromatic ring is 1. The molecule has 26 heavy (non-hydrogen) atoms. The van der Waals surface area contributed by atoms with Crippen molar-refractivity contribution >= 4 is 23.0 Å². The Labute approximate surface area is 154 Å². The van der Waals surface area contributed by atoms with E-state index in [4.69, 9.17) is 5.73 Å². The molecule has 0 spiro atoms. The van der Waals surface area contributed by atoms with Gasteiger partial charge in [0, 0.05) is 12.2 Å². The molecule has 0 fully saturated rings. The average Bonchev–Trinajstić information content (AvgIpc) is 2.66. The zero-order valence-electron chi connectivity index (χ0n) is 15.5. The summed E-state index contributed by atoms with van der Waals surface area (Å²) >= 11 is 0. The van der Waals surface area contributed by atoms with Gasteiger partial charge in [-0.15, -0.1) is 0 Å². The molecule has 5 nitrogen and oxygen atoms in total. The summed E-state index contributed by atoms with van der Waals surface area (Å²) in [6, 6.07) is 18.6. The van der Waals surface area contributed by atoms with Crippen molar-refractivity contribution in [1.82, 2.24) is 9.97 Å². The highest BCUT2D eigenvalue weighted by molar-refractivity contribution is 5.79. The van der Waals surface area contributed by atoms with Crippen molar-refractivity contribution in [1.29, 1.82) is 0 Å². The molecule has 1 aromatic heterocycles. The lowest BCUT2D eigenvalue weighted by atomic mass is 10.1. The summed E-state index contributed by atoms with van der Waals surface area (Å²) in [5, 5.41) is 3.41. The largest absolute Gasteiger partial charge is 0.393 e. The summed E-state index contributed by atoms with van der Waals surface area (Å²) < 4.78 is 0. The third-order valence-electron chi connectivity index (χ3n) is 4.40. The van der Waals surface area contributed by atoms with Crippen LogP contribution in [0.4, 0.5) is 23.0 Å². The molecule has 134 valence electrons. The number of aromatic nitrogens is 2. The Kier molecular flexibility index (Phi) is 5.37. The summed E-state index contributed by atoms with van der Waals surface area (Å²) in [5.41, 5.74) is 10.4. The zero-order chi connectivity index (χ0) is 18.5. The fourth-order valence-corrected chi connectivity index (χ4v) is 3.00. The van der Waals surface area contributed by atoms with Crippen molar-refractivity contribution < 1.29 is 0 Å². The number of anilines is 4. The third-order valence-corrected chi connectivity index (χ3v) is 4.40. The van der Waals surface area contributed by atoms with Crippen LogP contribution in [0.2, 0.25) is 0 Å². The van der Waals surface area contributed by atoms with Gasteiger partial charge in [0.05, 0.1) is 6.04 Å². The second-order valence-corrected chi connectivity index (χ2v) is 6.32. The number of hydrogen-bond donors (Lipinski definition) is 2. The SMILES string of the molecule is CCN(c1cccc(C)c1)c1ncnc(NC(C)c2ccccc2)c1N. The molecule has 0 saturated heterocycles. The lowest BCUT2D eigenvalue weighted by molar-refractivity contribution is 0.871. The number of benzene rings is 2. The van der Waals surface area contributed by atoms with Crippen LogP contribution in [0.15, 0.2) is 60.9 Å². The van der Waals surface area contributed by atoms with Crippen LogP contribution in [-0.4, -0.2) is 16.5 Å². The van der Waals surface area contributed by atoms with E-state index in [2.05, 4.69) is 71.3 Å². The van der Waals surface area contributed by atoms with E-state index in [0.717, 1.165) is 18.1 Å². The van der Waals surface area contributed by atoms with Crippen LogP contribution >= 0.6 is 0 Å². The van der Waals surface area contributed by atoms with Crippen molar-refractivity contribution in [3.05, 3.63) is 72.1 Å². The van der Waals surface area contributed by atoms with Crippen LogP contribution < -0.4 is 16.0 Å². The predicted molar refractivity (Wildman–Crippen MR) is 109 cm³/mol. The molecule has 1 unspecified atom stereocenters. The first-order valence-corrected chi connectivity index (χ1v) is 8.86. The van der Waals surface area contributed by atoms with E-state index in [-0.39, 0.29) is 6.04 Å². The first kappa shape index (κ1) is 17.7. The highest BCUT2D eigenvalue weighted by Gasteiger charge is 2.17. The summed E-state index contributed by atoms with van der Waals surface area (Å²) in [6.45, 7) is 7.02. The molecule has 0 aliphatic rings. The van der Waals surface area contributed by atoms with Gasteiger partial charge in [-0.05, 0) is 44.0 Å². The Morgan fingerprint density at radius 2 is 1.85 bits per heavy atom. The quantitative estimate of drug-likeness (QED) is 0.676. The van der Waals surface area contributed by atoms with E-state index in [1.165, 1.54) is 11.1 Å². The molecule has 2 aromatic carbocycles.